The normalized spacial score (nSPS) is 26.3. The minimum Gasteiger partial charge on any atom is -0.361 e. The number of carbonyl (C=O) groups excluding carboxylic acids is 2. The van der Waals surface area contributed by atoms with E-state index in [1.165, 1.54) is 37.8 Å². The van der Waals surface area contributed by atoms with Gasteiger partial charge in [0.05, 0.1) is 13.1 Å². The summed E-state index contributed by atoms with van der Waals surface area (Å²) in [5.74, 6) is 0.363. The third-order valence-electron chi connectivity index (χ3n) is 6.28. The van der Waals surface area contributed by atoms with Gasteiger partial charge in [0.1, 0.15) is 18.0 Å². The average molecular weight is 374 g/mol. The van der Waals surface area contributed by atoms with Gasteiger partial charge in [-0.2, -0.15) is 0 Å². The summed E-state index contributed by atoms with van der Waals surface area (Å²) in [6.45, 7) is 1.51. The highest BCUT2D eigenvalue weighted by atomic mass is 19.1. The number of benzene rings is 1. The molecular formula is C21H27FN2O3. The minimum atomic E-state index is -0.538. The van der Waals surface area contributed by atoms with Crippen molar-refractivity contribution < 1.29 is 18.7 Å². The van der Waals surface area contributed by atoms with Crippen molar-refractivity contribution >= 4 is 17.5 Å². The summed E-state index contributed by atoms with van der Waals surface area (Å²) in [4.78, 5) is 28.4. The van der Waals surface area contributed by atoms with Gasteiger partial charge in [-0.3, -0.25) is 9.59 Å². The van der Waals surface area contributed by atoms with E-state index >= 15 is 0 Å². The van der Waals surface area contributed by atoms with Crippen LogP contribution >= 0.6 is 0 Å². The molecule has 3 fully saturated rings. The number of hydrogen-bond acceptors (Lipinski definition) is 3. The lowest BCUT2D eigenvalue weighted by Crippen LogP contribution is -2.56. The van der Waals surface area contributed by atoms with Crippen molar-refractivity contribution in [1.29, 1.82) is 0 Å². The van der Waals surface area contributed by atoms with Gasteiger partial charge in [-0.1, -0.05) is 31.7 Å². The summed E-state index contributed by atoms with van der Waals surface area (Å²) in [5.41, 5.74) is 0.0113. The van der Waals surface area contributed by atoms with Crippen LogP contribution in [0.3, 0.4) is 0 Å². The van der Waals surface area contributed by atoms with E-state index in [1.807, 2.05) is 4.90 Å². The molecule has 1 aromatic carbocycles. The fourth-order valence-corrected chi connectivity index (χ4v) is 4.68. The highest BCUT2D eigenvalue weighted by molar-refractivity contribution is 5.95. The molecule has 0 bridgehead atoms. The first-order valence-electron chi connectivity index (χ1n) is 10.0. The largest absolute Gasteiger partial charge is 0.361 e. The van der Waals surface area contributed by atoms with Crippen LogP contribution in [0, 0.1) is 11.7 Å². The summed E-state index contributed by atoms with van der Waals surface area (Å²) >= 11 is 0. The maximum atomic E-state index is 13.6. The van der Waals surface area contributed by atoms with Crippen molar-refractivity contribution in [2.75, 3.05) is 31.1 Å². The van der Waals surface area contributed by atoms with Crippen molar-refractivity contribution in [3.8, 4) is 0 Å². The average Bonchev–Trinajstić information content (AvgIpc) is 3.32. The number of halogens is 1. The second-order valence-corrected chi connectivity index (χ2v) is 8.19. The number of anilines is 1. The molecule has 2 saturated heterocycles. The van der Waals surface area contributed by atoms with Gasteiger partial charge in [-0.15, -0.1) is 0 Å². The molecule has 3 aliphatic rings. The summed E-state index contributed by atoms with van der Waals surface area (Å²) in [7, 11) is 0. The molecule has 2 aliphatic heterocycles. The second kappa shape index (κ2) is 7.58. The smallest absolute Gasteiger partial charge is 0.253 e. The fourth-order valence-electron chi connectivity index (χ4n) is 4.68. The van der Waals surface area contributed by atoms with Crippen LogP contribution in [0.2, 0.25) is 0 Å². The first-order chi connectivity index (χ1) is 13.0. The molecule has 1 spiro atoms. The molecule has 1 unspecified atom stereocenters. The predicted octanol–water partition coefficient (Wildman–Crippen LogP) is 3.13. The third-order valence-corrected chi connectivity index (χ3v) is 6.28. The first-order valence-corrected chi connectivity index (χ1v) is 10.0. The van der Waals surface area contributed by atoms with Gasteiger partial charge in [0.2, 0.25) is 5.91 Å². The fraction of sp³-hybridized carbons (Fsp3) is 0.619. The van der Waals surface area contributed by atoms with Crippen LogP contribution in [0.1, 0.15) is 44.9 Å². The van der Waals surface area contributed by atoms with Gasteiger partial charge < -0.3 is 14.5 Å². The number of morpholine rings is 1. The second-order valence-electron chi connectivity index (χ2n) is 8.19. The van der Waals surface area contributed by atoms with Gasteiger partial charge in [0.15, 0.2) is 0 Å². The summed E-state index contributed by atoms with van der Waals surface area (Å²) < 4.78 is 19.5. The van der Waals surface area contributed by atoms with Gasteiger partial charge in [0.25, 0.3) is 5.91 Å². The lowest BCUT2D eigenvalue weighted by Gasteiger charge is -2.40. The van der Waals surface area contributed by atoms with E-state index in [1.54, 1.807) is 17.0 Å². The van der Waals surface area contributed by atoms with Gasteiger partial charge in [-0.25, -0.2) is 4.39 Å². The topological polar surface area (TPSA) is 49.9 Å². The van der Waals surface area contributed by atoms with E-state index < -0.39 is 5.60 Å². The Hall–Kier alpha value is -1.95. The van der Waals surface area contributed by atoms with Crippen molar-refractivity contribution in [3.05, 3.63) is 30.1 Å². The Labute approximate surface area is 159 Å². The Balaban J connectivity index is 1.38. The molecule has 146 valence electrons. The van der Waals surface area contributed by atoms with Crippen LogP contribution in [0.4, 0.5) is 10.1 Å². The Morgan fingerprint density at radius 1 is 1.26 bits per heavy atom. The molecule has 2 amide bonds. The maximum absolute atomic E-state index is 13.6. The highest BCUT2D eigenvalue weighted by Crippen LogP contribution is 2.33. The maximum Gasteiger partial charge on any atom is 0.253 e. The van der Waals surface area contributed by atoms with Crippen LogP contribution < -0.4 is 4.90 Å². The molecular weight excluding hydrogens is 347 g/mol. The molecule has 2 heterocycles. The number of hydrogen-bond donors (Lipinski definition) is 0. The van der Waals surface area contributed by atoms with Gasteiger partial charge >= 0.3 is 0 Å². The van der Waals surface area contributed by atoms with E-state index in [4.69, 9.17) is 4.74 Å². The van der Waals surface area contributed by atoms with Crippen molar-refractivity contribution in [2.24, 2.45) is 5.92 Å². The summed E-state index contributed by atoms with van der Waals surface area (Å²) in [5, 5.41) is 0. The number of amides is 2. The Kier molecular flexibility index (Phi) is 5.17. The molecule has 0 aromatic heterocycles. The van der Waals surface area contributed by atoms with Crippen LogP contribution in [0.25, 0.3) is 0 Å². The molecule has 1 aliphatic carbocycles. The Bertz CT molecular complexity index is 719. The van der Waals surface area contributed by atoms with E-state index in [9.17, 15) is 14.0 Å². The number of nitrogens with zero attached hydrogens (tertiary/aromatic N) is 2. The molecule has 1 aromatic rings. The molecule has 1 atom stereocenters. The van der Waals surface area contributed by atoms with E-state index in [2.05, 4.69) is 0 Å². The highest BCUT2D eigenvalue weighted by Gasteiger charge is 2.46. The number of rotatable bonds is 4. The third kappa shape index (κ3) is 4.00. The van der Waals surface area contributed by atoms with Gasteiger partial charge in [0, 0.05) is 18.7 Å². The van der Waals surface area contributed by atoms with E-state index in [0.717, 1.165) is 6.42 Å². The zero-order valence-electron chi connectivity index (χ0n) is 15.7. The summed E-state index contributed by atoms with van der Waals surface area (Å²) in [6, 6.07) is 6.08. The lowest BCUT2D eigenvalue weighted by atomic mass is 9.99. The Morgan fingerprint density at radius 2 is 2.07 bits per heavy atom. The van der Waals surface area contributed by atoms with Crippen molar-refractivity contribution in [2.45, 2.75) is 50.5 Å². The minimum absolute atomic E-state index is 0.0272. The standard InChI is InChI=1S/C21H27FN2O3/c22-17-6-3-7-18(12-17)24-15-21(27-13-20(24)26)10-11-23(14-21)19(25)9-8-16-4-1-2-5-16/h3,6-7,12,16H,1-2,4-5,8-11,13-15H2. The SMILES string of the molecule is O=C(CCC1CCCC1)N1CCC2(C1)CN(c1cccc(F)c1)C(=O)CO2. The van der Waals surface area contributed by atoms with Crippen LogP contribution in [0.5, 0.6) is 0 Å². The molecule has 4 rings (SSSR count). The van der Waals surface area contributed by atoms with Crippen molar-refractivity contribution in [3.63, 3.8) is 0 Å². The quantitative estimate of drug-likeness (QED) is 0.814. The first kappa shape index (κ1) is 18.4. The van der Waals surface area contributed by atoms with E-state index in [0.29, 0.717) is 44.1 Å². The molecule has 6 heteroatoms. The number of likely N-dealkylation sites (tertiary alicyclic amines) is 1. The number of ether oxygens (including phenoxy) is 1. The van der Waals surface area contributed by atoms with Crippen LogP contribution in [-0.2, 0) is 14.3 Å². The van der Waals surface area contributed by atoms with E-state index in [-0.39, 0.29) is 24.2 Å². The zero-order valence-corrected chi connectivity index (χ0v) is 15.7. The van der Waals surface area contributed by atoms with Crippen molar-refractivity contribution in [1.82, 2.24) is 4.90 Å². The molecule has 0 N–H and O–H groups in total. The zero-order chi connectivity index (χ0) is 18.9. The monoisotopic (exact) mass is 374 g/mol. The molecule has 0 radical (unpaired) electrons. The molecule has 27 heavy (non-hydrogen) atoms. The molecule has 1 saturated carbocycles. The summed E-state index contributed by atoms with van der Waals surface area (Å²) in [6.07, 6.45) is 7.40. The Morgan fingerprint density at radius 3 is 2.85 bits per heavy atom. The number of carbonyl (C=O) groups is 2. The van der Waals surface area contributed by atoms with Crippen LogP contribution in [0.15, 0.2) is 24.3 Å². The molecule has 5 nitrogen and oxygen atoms in total. The predicted molar refractivity (Wildman–Crippen MR) is 99.8 cm³/mol. The van der Waals surface area contributed by atoms with Crippen LogP contribution in [-0.4, -0.2) is 48.6 Å². The van der Waals surface area contributed by atoms with Gasteiger partial charge in [-0.05, 0) is 37.0 Å². The lowest BCUT2D eigenvalue weighted by molar-refractivity contribution is -0.139.